The molecule has 1 saturated carbocycles. The Morgan fingerprint density at radius 2 is 2.09 bits per heavy atom. The molecule has 0 radical (unpaired) electrons. The molecule has 0 bridgehead atoms. The lowest BCUT2D eigenvalue weighted by Crippen LogP contribution is -2.41. The molecule has 62 valence electrons. The molecule has 1 atom stereocenters. The monoisotopic (exact) mass is 154 g/mol. The van der Waals surface area contributed by atoms with Gasteiger partial charge < -0.3 is 4.79 Å². The zero-order valence-corrected chi connectivity index (χ0v) is 6.60. The minimum absolute atomic E-state index is 0.0492. The highest BCUT2D eigenvalue weighted by atomic mass is 16.1. The number of hydrogen-bond donors (Lipinski definition) is 2. The molecule has 0 aromatic rings. The second-order valence-corrected chi connectivity index (χ2v) is 3.70. The summed E-state index contributed by atoms with van der Waals surface area (Å²) >= 11 is 0. The molecule has 1 heterocycles. The van der Waals surface area contributed by atoms with Gasteiger partial charge in [0, 0.05) is 5.54 Å². The van der Waals surface area contributed by atoms with Gasteiger partial charge in [0.1, 0.15) is 6.29 Å². The summed E-state index contributed by atoms with van der Waals surface area (Å²) in [5, 5.41) is 0. The average Bonchev–Trinajstić information content (AvgIpc) is 2.62. The normalized spacial score (nSPS) is 34.7. The lowest BCUT2D eigenvalue weighted by atomic mass is 9.93. The van der Waals surface area contributed by atoms with Crippen LogP contribution in [0.25, 0.3) is 0 Å². The number of hydrazine groups is 1. The molecule has 0 aromatic carbocycles. The van der Waals surface area contributed by atoms with Gasteiger partial charge in [-0.1, -0.05) is 12.8 Å². The molecule has 0 amide bonds. The van der Waals surface area contributed by atoms with Gasteiger partial charge in [-0.05, 0) is 19.3 Å². The van der Waals surface area contributed by atoms with Crippen LogP contribution in [0.3, 0.4) is 0 Å². The van der Waals surface area contributed by atoms with E-state index in [9.17, 15) is 4.79 Å². The van der Waals surface area contributed by atoms with Crippen molar-refractivity contribution < 1.29 is 4.79 Å². The fraction of sp³-hybridized carbons (Fsp3) is 0.875. The van der Waals surface area contributed by atoms with Crippen molar-refractivity contribution in [1.82, 2.24) is 10.9 Å². The molecule has 2 N–H and O–H groups in total. The highest BCUT2D eigenvalue weighted by Crippen LogP contribution is 2.35. The van der Waals surface area contributed by atoms with Gasteiger partial charge >= 0.3 is 0 Å². The van der Waals surface area contributed by atoms with E-state index in [4.69, 9.17) is 0 Å². The summed E-state index contributed by atoms with van der Waals surface area (Å²) in [7, 11) is 0. The molecule has 1 spiro atoms. The molecule has 1 unspecified atom stereocenters. The summed E-state index contributed by atoms with van der Waals surface area (Å²) in [6.07, 6.45) is 7.05. The minimum atomic E-state index is 0.0492. The molecule has 2 fully saturated rings. The predicted octanol–water partition coefficient (Wildman–Crippen LogP) is 0.365. The van der Waals surface area contributed by atoms with E-state index in [1.807, 2.05) is 0 Å². The van der Waals surface area contributed by atoms with E-state index in [1.165, 1.54) is 25.7 Å². The third-order valence-corrected chi connectivity index (χ3v) is 2.86. The summed E-state index contributed by atoms with van der Waals surface area (Å²) in [4.78, 5) is 10.4. The van der Waals surface area contributed by atoms with E-state index in [1.54, 1.807) is 0 Å². The number of hydrogen-bond acceptors (Lipinski definition) is 3. The third kappa shape index (κ3) is 1.19. The first kappa shape index (κ1) is 7.25. The Labute approximate surface area is 66.5 Å². The standard InChI is InChI=1S/C8H14N2O/c11-6-7-5-8(10-9-7)3-1-2-4-8/h6-7,9-10H,1-5H2. The molecular weight excluding hydrogens is 140 g/mol. The van der Waals surface area contributed by atoms with E-state index >= 15 is 0 Å². The SMILES string of the molecule is O=CC1CC2(CCCC2)NN1. The molecule has 1 saturated heterocycles. The molecule has 1 aliphatic carbocycles. The topological polar surface area (TPSA) is 41.1 Å². The summed E-state index contributed by atoms with van der Waals surface area (Å²) < 4.78 is 0. The average molecular weight is 154 g/mol. The predicted molar refractivity (Wildman–Crippen MR) is 41.9 cm³/mol. The van der Waals surface area contributed by atoms with Crippen LogP contribution in [0.15, 0.2) is 0 Å². The van der Waals surface area contributed by atoms with Gasteiger partial charge in [-0.3, -0.25) is 5.43 Å². The Kier molecular flexibility index (Phi) is 1.69. The first-order valence-corrected chi connectivity index (χ1v) is 4.33. The van der Waals surface area contributed by atoms with Crippen LogP contribution in [-0.2, 0) is 4.79 Å². The summed E-state index contributed by atoms with van der Waals surface area (Å²) in [6, 6.07) is 0.0492. The Balaban J connectivity index is 2.01. The van der Waals surface area contributed by atoms with Crippen LogP contribution in [0.2, 0.25) is 0 Å². The fourth-order valence-corrected chi connectivity index (χ4v) is 2.23. The largest absolute Gasteiger partial charge is 0.302 e. The quantitative estimate of drug-likeness (QED) is 0.536. The number of aldehydes is 1. The maximum Gasteiger partial charge on any atom is 0.138 e. The van der Waals surface area contributed by atoms with Crippen molar-refractivity contribution in [1.29, 1.82) is 0 Å². The Morgan fingerprint density at radius 1 is 1.36 bits per heavy atom. The zero-order chi connectivity index (χ0) is 7.73. The third-order valence-electron chi connectivity index (χ3n) is 2.86. The van der Waals surface area contributed by atoms with E-state index < -0.39 is 0 Å². The fourth-order valence-electron chi connectivity index (χ4n) is 2.23. The number of carbonyl (C=O) groups is 1. The summed E-state index contributed by atoms with van der Waals surface area (Å²) in [5.74, 6) is 0. The van der Waals surface area contributed by atoms with Gasteiger partial charge in [-0.2, -0.15) is 0 Å². The van der Waals surface area contributed by atoms with Crippen molar-refractivity contribution in [2.45, 2.75) is 43.7 Å². The minimum Gasteiger partial charge on any atom is -0.302 e. The second-order valence-electron chi connectivity index (χ2n) is 3.70. The van der Waals surface area contributed by atoms with Crippen LogP contribution in [-0.4, -0.2) is 17.9 Å². The lowest BCUT2D eigenvalue weighted by Gasteiger charge is -2.21. The van der Waals surface area contributed by atoms with Crippen molar-refractivity contribution in [3.05, 3.63) is 0 Å². The number of nitrogens with one attached hydrogen (secondary N) is 2. The van der Waals surface area contributed by atoms with Crippen molar-refractivity contribution in [3.8, 4) is 0 Å². The van der Waals surface area contributed by atoms with Crippen molar-refractivity contribution in [2.24, 2.45) is 0 Å². The van der Waals surface area contributed by atoms with Crippen molar-refractivity contribution in [3.63, 3.8) is 0 Å². The summed E-state index contributed by atoms with van der Waals surface area (Å²) in [5.41, 5.74) is 6.54. The molecule has 1 aliphatic heterocycles. The Morgan fingerprint density at radius 3 is 2.64 bits per heavy atom. The molecule has 2 rings (SSSR count). The van der Waals surface area contributed by atoms with Gasteiger partial charge in [0.2, 0.25) is 0 Å². The van der Waals surface area contributed by atoms with Crippen LogP contribution in [0.5, 0.6) is 0 Å². The summed E-state index contributed by atoms with van der Waals surface area (Å²) in [6.45, 7) is 0. The van der Waals surface area contributed by atoms with Crippen molar-refractivity contribution in [2.75, 3.05) is 0 Å². The van der Waals surface area contributed by atoms with E-state index in [0.717, 1.165) is 12.7 Å². The first-order chi connectivity index (χ1) is 5.35. The van der Waals surface area contributed by atoms with Crippen LogP contribution in [0.1, 0.15) is 32.1 Å². The highest BCUT2D eigenvalue weighted by Gasteiger charge is 2.40. The van der Waals surface area contributed by atoms with Crippen LogP contribution < -0.4 is 10.9 Å². The van der Waals surface area contributed by atoms with E-state index in [-0.39, 0.29) is 11.6 Å². The van der Waals surface area contributed by atoms with Gasteiger partial charge in [0.15, 0.2) is 0 Å². The molecule has 3 heteroatoms. The molecule has 11 heavy (non-hydrogen) atoms. The smallest absolute Gasteiger partial charge is 0.138 e. The Hall–Kier alpha value is -0.410. The van der Waals surface area contributed by atoms with Gasteiger partial charge in [0.25, 0.3) is 0 Å². The van der Waals surface area contributed by atoms with Crippen LogP contribution >= 0.6 is 0 Å². The van der Waals surface area contributed by atoms with Crippen LogP contribution in [0.4, 0.5) is 0 Å². The van der Waals surface area contributed by atoms with E-state index in [2.05, 4.69) is 10.9 Å². The number of rotatable bonds is 1. The number of carbonyl (C=O) groups excluding carboxylic acids is 1. The molecule has 2 aliphatic rings. The molecule has 3 nitrogen and oxygen atoms in total. The molecule has 0 aromatic heterocycles. The van der Waals surface area contributed by atoms with Crippen molar-refractivity contribution >= 4 is 6.29 Å². The van der Waals surface area contributed by atoms with Gasteiger partial charge in [-0.25, -0.2) is 5.43 Å². The lowest BCUT2D eigenvalue weighted by molar-refractivity contribution is -0.109. The van der Waals surface area contributed by atoms with E-state index in [0.29, 0.717) is 0 Å². The Bertz CT molecular complexity index is 163. The maximum atomic E-state index is 10.4. The van der Waals surface area contributed by atoms with Gasteiger partial charge in [0.05, 0.1) is 6.04 Å². The zero-order valence-electron chi connectivity index (χ0n) is 6.60. The molecular formula is C8H14N2O. The van der Waals surface area contributed by atoms with Crippen LogP contribution in [0, 0.1) is 0 Å². The maximum absolute atomic E-state index is 10.4. The highest BCUT2D eigenvalue weighted by molar-refractivity contribution is 5.58. The second kappa shape index (κ2) is 2.57. The van der Waals surface area contributed by atoms with Gasteiger partial charge in [-0.15, -0.1) is 0 Å². The first-order valence-electron chi connectivity index (χ1n) is 4.33.